The van der Waals surface area contributed by atoms with Crippen molar-refractivity contribution >= 4 is 21.6 Å². The van der Waals surface area contributed by atoms with Crippen LogP contribution < -0.4 is 10.0 Å². The third-order valence-corrected chi connectivity index (χ3v) is 5.86. The lowest BCUT2D eigenvalue weighted by Gasteiger charge is -2.15. The fourth-order valence-corrected chi connectivity index (χ4v) is 3.84. The lowest BCUT2D eigenvalue weighted by molar-refractivity contribution is 0.0940. The molecule has 0 aliphatic carbocycles. The lowest BCUT2D eigenvalue weighted by Crippen LogP contribution is -2.26. The average molecular weight is 412 g/mol. The Hall–Kier alpha value is -3.19. The van der Waals surface area contributed by atoms with Crippen LogP contribution in [-0.4, -0.2) is 14.3 Å². The van der Waals surface area contributed by atoms with Gasteiger partial charge in [0.05, 0.1) is 10.9 Å². The molecule has 3 aromatic carbocycles. The molecule has 0 aliphatic heterocycles. The van der Waals surface area contributed by atoms with Crippen LogP contribution in [0.2, 0.25) is 0 Å². The largest absolute Gasteiger partial charge is 0.346 e. The molecule has 3 aromatic rings. The van der Waals surface area contributed by atoms with E-state index in [0.29, 0.717) is 11.1 Å². The standard InChI is InChI=1S/C22H21FN2O3S/c1-15-11-12-20(14-21(15)23)29(27,28)25-19-10-6-9-18(13-19)22(26)24-16(2)17-7-4-3-5-8-17/h3-14,16,25H,1-2H3,(H,24,26). The van der Waals surface area contributed by atoms with Crippen molar-refractivity contribution in [2.45, 2.75) is 24.8 Å². The zero-order valence-corrected chi connectivity index (χ0v) is 16.8. The van der Waals surface area contributed by atoms with E-state index in [1.165, 1.54) is 24.3 Å². The summed E-state index contributed by atoms with van der Waals surface area (Å²) in [6, 6.07) is 19.1. The minimum Gasteiger partial charge on any atom is -0.346 e. The van der Waals surface area contributed by atoms with Crippen LogP contribution in [0, 0.1) is 12.7 Å². The van der Waals surface area contributed by atoms with E-state index in [-0.39, 0.29) is 22.5 Å². The highest BCUT2D eigenvalue weighted by atomic mass is 32.2. The zero-order valence-electron chi connectivity index (χ0n) is 16.0. The van der Waals surface area contributed by atoms with E-state index >= 15 is 0 Å². The van der Waals surface area contributed by atoms with Gasteiger partial charge in [-0.15, -0.1) is 0 Å². The van der Waals surface area contributed by atoms with E-state index in [1.807, 2.05) is 37.3 Å². The number of rotatable bonds is 6. The molecule has 1 atom stereocenters. The first-order valence-corrected chi connectivity index (χ1v) is 10.5. The summed E-state index contributed by atoms with van der Waals surface area (Å²) in [6.07, 6.45) is 0. The van der Waals surface area contributed by atoms with Gasteiger partial charge in [-0.25, -0.2) is 12.8 Å². The van der Waals surface area contributed by atoms with E-state index in [4.69, 9.17) is 0 Å². The fourth-order valence-electron chi connectivity index (χ4n) is 2.78. The molecule has 0 bridgehead atoms. The molecule has 1 amide bonds. The van der Waals surface area contributed by atoms with Crippen LogP contribution in [0.15, 0.2) is 77.7 Å². The van der Waals surface area contributed by atoms with Gasteiger partial charge >= 0.3 is 0 Å². The fraction of sp³-hybridized carbons (Fsp3) is 0.136. The monoisotopic (exact) mass is 412 g/mol. The maximum absolute atomic E-state index is 13.7. The lowest BCUT2D eigenvalue weighted by atomic mass is 10.1. The second-order valence-corrected chi connectivity index (χ2v) is 8.39. The van der Waals surface area contributed by atoms with Gasteiger partial charge in [0.1, 0.15) is 5.82 Å². The molecule has 2 N–H and O–H groups in total. The van der Waals surface area contributed by atoms with Gasteiger partial charge in [-0.05, 0) is 55.3 Å². The summed E-state index contributed by atoms with van der Waals surface area (Å²) in [5.41, 5.74) is 1.84. The van der Waals surface area contributed by atoms with Crippen molar-refractivity contribution in [2.75, 3.05) is 4.72 Å². The Labute approximate surface area is 169 Å². The van der Waals surface area contributed by atoms with E-state index in [1.54, 1.807) is 19.1 Å². The summed E-state index contributed by atoms with van der Waals surface area (Å²) >= 11 is 0. The first-order chi connectivity index (χ1) is 13.8. The Bertz CT molecular complexity index is 1130. The van der Waals surface area contributed by atoms with Crippen LogP contribution in [0.4, 0.5) is 10.1 Å². The van der Waals surface area contributed by atoms with Crippen molar-refractivity contribution in [1.29, 1.82) is 0 Å². The van der Waals surface area contributed by atoms with Crippen LogP contribution in [0.3, 0.4) is 0 Å². The number of amides is 1. The number of benzene rings is 3. The third kappa shape index (κ3) is 5.00. The Morgan fingerprint density at radius 3 is 2.38 bits per heavy atom. The molecule has 0 aromatic heterocycles. The second kappa shape index (κ2) is 8.45. The Kier molecular flexibility index (Phi) is 5.98. The summed E-state index contributed by atoms with van der Waals surface area (Å²) in [4.78, 5) is 12.4. The smallest absolute Gasteiger partial charge is 0.261 e. The molecule has 0 fully saturated rings. The first kappa shape index (κ1) is 20.5. The molecule has 29 heavy (non-hydrogen) atoms. The maximum atomic E-state index is 13.7. The number of carbonyl (C=O) groups excluding carboxylic acids is 1. The number of hydrogen-bond donors (Lipinski definition) is 2. The van der Waals surface area contributed by atoms with E-state index in [0.717, 1.165) is 11.6 Å². The number of sulfonamides is 1. The molecule has 3 rings (SSSR count). The van der Waals surface area contributed by atoms with Gasteiger partial charge in [-0.3, -0.25) is 9.52 Å². The minimum absolute atomic E-state index is 0.187. The predicted molar refractivity (Wildman–Crippen MR) is 111 cm³/mol. The second-order valence-electron chi connectivity index (χ2n) is 6.70. The number of carbonyl (C=O) groups is 1. The highest BCUT2D eigenvalue weighted by Gasteiger charge is 2.17. The predicted octanol–water partition coefficient (Wildman–Crippen LogP) is 4.43. The van der Waals surface area contributed by atoms with Gasteiger partial charge in [0, 0.05) is 11.3 Å². The highest BCUT2D eigenvalue weighted by Crippen LogP contribution is 2.20. The quantitative estimate of drug-likeness (QED) is 0.629. The van der Waals surface area contributed by atoms with Gasteiger partial charge in [0.2, 0.25) is 0 Å². The van der Waals surface area contributed by atoms with Crippen LogP contribution in [0.25, 0.3) is 0 Å². The molecule has 0 spiro atoms. The Balaban J connectivity index is 1.76. The maximum Gasteiger partial charge on any atom is 0.261 e. The van der Waals surface area contributed by atoms with Crippen LogP contribution in [0.5, 0.6) is 0 Å². The molecule has 0 heterocycles. The molecule has 7 heteroatoms. The molecule has 5 nitrogen and oxygen atoms in total. The minimum atomic E-state index is -3.98. The van der Waals surface area contributed by atoms with Gasteiger partial charge in [0.15, 0.2) is 0 Å². The van der Waals surface area contributed by atoms with E-state index in [9.17, 15) is 17.6 Å². The summed E-state index contributed by atoms with van der Waals surface area (Å²) in [7, 11) is -3.98. The molecular formula is C22H21FN2O3S. The Morgan fingerprint density at radius 2 is 1.69 bits per heavy atom. The molecule has 0 aliphatic rings. The van der Waals surface area contributed by atoms with E-state index < -0.39 is 15.8 Å². The van der Waals surface area contributed by atoms with Crippen LogP contribution >= 0.6 is 0 Å². The summed E-state index contributed by atoms with van der Waals surface area (Å²) < 4.78 is 41.2. The molecule has 0 saturated heterocycles. The summed E-state index contributed by atoms with van der Waals surface area (Å²) in [5, 5.41) is 2.88. The van der Waals surface area contributed by atoms with Crippen LogP contribution in [0.1, 0.15) is 34.5 Å². The Morgan fingerprint density at radius 1 is 0.966 bits per heavy atom. The van der Waals surface area contributed by atoms with Crippen molar-refractivity contribution in [3.05, 3.63) is 95.3 Å². The zero-order chi connectivity index (χ0) is 21.0. The number of nitrogens with one attached hydrogen (secondary N) is 2. The summed E-state index contributed by atoms with van der Waals surface area (Å²) in [5.74, 6) is -0.931. The van der Waals surface area contributed by atoms with Gasteiger partial charge in [-0.2, -0.15) is 0 Å². The van der Waals surface area contributed by atoms with Crippen molar-refractivity contribution < 1.29 is 17.6 Å². The molecule has 0 radical (unpaired) electrons. The van der Waals surface area contributed by atoms with Crippen molar-refractivity contribution in [3.8, 4) is 0 Å². The van der Waals surface area contributed by atoms with Crippen molar-refractivity contribution in [2.24, 2.45) is 0 Å². The summed E-state index contributed by atoms with van der Waals surface area (Å²) in [6.45, 7) is 3.42. The highest BCUT2D eigenvalue weighted by molar-refractivity contribution is 7.92. The normalized spacial score (nSPS) is 12.2. The topological polar surface area (TPSA) is 75.3 Å². The van der Waals surface area contributed by atoms with E-state index in [2.05, 4.69) is 10.0 Å². The molecular weight excluding hydrogens is 391 g/mol. The SMILES string of the molecule is Cc1ccc(S(=O)(=O)Nc2cccc(C(=O)NC(C)c3ccccc3)c2)cc1F. The van der Waals surface area contributed by atoms with Gasteiger partial charge in [0.25, 0.3) is 15.9 Å². The van der Waals surface area contributed by atoms with Crippen LogP contribution in [-0.2, 0) is 10.0 Å². The number of anilines is 1. The van der Waals surface area contributed by atoms with Crippen molar-refractivity contribution in [3.63, 3.8) is 0 Å². The molecule has 150 valence electrons. The molecule has 1 unspecified atom stereocenters. The number of hydrogen-bond acceptors (Lipinski definition) is 3. The van der Waals surface area contributed by atoms with Crippen molar-refractivity contribution in [1.82, 2.24) is 5.32 Å². The third-order valence-electron chi connectivity index (χ3n) is 4.48. The molecule has 0 saturated carbocycles. The first-order valence-electron chi connectivity index (χ1n) is 9.01. The average Bonchev–Trinajstić information content (AvgIpc) is 2.70. The van der Waals surface area contributed by atoms with Gasteiger partial charge in [-0.1, -0.05) is 42.5 Å². The van der Waals surface area contributed by atoms with Gasteiger partial charge < -0.3 is 5.32 Å². The number of halogens is 1. The number of aryl methyl sites for hydroxylation is 1.